The summed E-state index contributed by atoms with van der Waals surface area (Å²) in [6.07, 6.45) is 0. The third-order valence-corrected chi connectivity index (χ3v) is 2.70. The zero-order chi connectivity index (χ0) is 14.5. The van der Waals surface area contributed by atoms with Gasteiger partial charge in [-0.1, -0.05) is 6.92 Å². The van der Waals surface area contributed by atoms with Crippen LogP contribution in [0.1, 0.15) is 31.9 Å². The molecule has 0 aliphatic rings. The third kappa shape index (κ3) is 3.54. The molecule has 0 radical (unpaired) electrons. The zero-order valence-corrected chi connectivity index (χ0v) is 11.2. The number of nitrogens with one attached hydrogen (secondary N) is 2. The second-order valence-electron chi connectivity index (χ2n) is 4.59. The summed E-state index contributed by atoms with van der Waals surface area (Å²) in [5, 5.41) is 23.5. The van der Waals surface area contributed by atoms with E-state index in [4.69, 9.17) is 10.5 Å². The minimum atomic E-state index is -0.699. The molecule has 0 aliphatic carbocycles. The summed E-state index contributed by atoms with van der Waals surface area (Å²) < 4.78 is 0. The van der Waals surface area contributed by atoms with Gasteiger partial charge >= 0.3 is 0 Å². The molecule has 5 heteroatoms. The van der Waals surface area contributed by atoms with E-state index >= 15 is 0 Å². The van der Waals surface area contributed by atoms with E-state index < -0.39 is 5.54 Å². The van der Waals surface area contributed by atoms with Crippen LogP contribution in [0.2, 0.25) is 0 Å². The Bertz CT molecular complexity index is 564. The normalized spacial score (nSPS) is 10.4. The Kier molecular flexibility index (Phi) is 4.63. The van der Waals surface area contributed by atoms with Crippen molar-refractivity contribution in [3.05, 3.63) is 29.3 Å². The number of likely N-dealkylation sites (N-methyl/N-ethyl adjacent to an activating group) is 1. The summed E-state index contributed by atoms with van der Waals surface area (Å²) in [7, 11) is 0. The van der Waals surface area contributed by atoms with Crippen molar-refractivity contribution in [3.63, 3.8) is 0 Å². The highest BCUT2D eigenvalue weighted by molar-refractivity contribution is 5.97. The van der Waals surface area contributed by atoms with Crippen molar-refractivity contribution in [3.8, 4) is 12.1 Å². The van der Waals surface area contributed by atoms with Crippen LogP contribution in [0.4, 0.5) is 5.69 Å². The van der Waals surface area contributed by atoms with Crippen LogP contribution >= 0.6 is 0 Å². The number of hydrogen-bond acceptors (Lipinski definition) is 4. The Morgan fingerprint density at radius 1 is 1.26 bits per heavy atom. The van der Waals surface area contributed by atoms with Gasteiger partial charge in [-0.25, -0.2) is 0 Å². The minimum Gasteiger partial charge on any atom is -0.324 e. The smallest absolute Gasteiger partial charge is 0.244 e. The average Bonchev–Trinajstić information content (AvgIpc) is 2.38. The standard InChI is InChI=1S/C14H16N4O/c1-4-17-14(2,3)13(19)18-12-6-5-10(8-15)11(7-12)9-16/h5-7,17H,4H2,1-3H3,(H,18,19). The number of carbonyl (C=O) groups excluding carboxylic acids is 1. The molecule has 0 bridgehead atoms. The fourth-order valence-corrected chi connectivity index (χ4v) is 1.62. The van der Waals surface area contributed by atoms with Gasteiger partial charge in [0.2, 0.25) is 5.91 Å². The van der Waals surface area contributed by atoms with Gasteiger partial charge in [0.25, 0.3) is 0 Å². The summed E-state index contributed by atoms with van der Waals surface area (Å²) in [6.45, 7) is 6.16. The fourth-order valence-electron chi connectivity index (χ4n) is 1.62. The third-order valence-electron chi connectivity index (χ3n) is 2.70. The Morgan fingerprint density at radius 2 is 1.89 bits per heavy atom. The number of nitrogens with zero attached hydrogens (tertiary/aromatic N) is 2. The molecule has 1 amide bonds. The van der Waals surface area contributed by atoms with Crippen LogP contribution in [0, 0.1) is 22.7 Å². The molecule has 1 aromatic rings. The van der Waals surface area contributed by atoms with E-state index in [-0.39, 0.29) is 11.5 Å². The van der Waals surface area contributed by atoms with Crippen LogP contribution in [0.25, 0.3) is 0 Å². The van der Waals surface area contributed by atoms with Gasteiger partial charge in [-0.2, -0.15) is 10.5 Å². The van der Waals surface area contributed by atoms with Crippen LogP contribution in [-0.2, 0) is 4.79 Å². The molecule has 0 fully saturated rings. The molecule has 5 nitrogen and oxygen atoms in total. The lowest BCUT2D eigenvalue weighted by Crippen LogP contribution is -2.49. The van der Waals surface area contributed by atoms with Gasteiger partial charge in [0.1, 0.15) is 12.1 Å². The van der Waals surface area contributed by atoms with E-state index in [1.807, 2.05) is 19.1 Å². The maximum Gasteiger partial charge on any atom is 0.244 e. The molecule has 0 saturated heterocycles. The van der Waals surface area contributed by atoms with Gasteiger partial charge in [0, 0.05) is 5.69 Å². The molecule has 0 spiro atoms. The Balaban J connectivity index is 2.93. The summed E-state index contributed by atoms with van der Waals surface area (Å²) >= 11 is 0. The zero-order valence-electron chi connectivity index (χ0n) is 11.2. The fraction of sp³-hybridized carbons (Fsp3) is 0.357. The van der Waals surface area contributed by atoms with Crippen LogP contribution in [0.3, 0.4) is 0 Å². The predicted molar refractivity (Wildman–Crippen MR) is 72.3 cm³/mol. The average molecular weight is 256 g/mol. The SMILES string of the molecule is CCNC(C)(C)C(=O)Nc1ccc(C#N)c(C#N)c1. The van der Waals surface area contributed by atoms with Crippen molar-refractivity contribution < 1.29 is 4.79 Å². The molecule has 0 saturated carbocycles. The van der Waals surface area contributed by atoms with E-state index in [9.17, 15) is 4.79 Å². The van der Waals surface area contributed by atoms with Gasteiger partial charge in [-0.05, 0) is 38.6 Å². The van der Waals surface area contributed by atoms with Crippen molar-refractivity contribution >= 4 is 11.6 Å². The molecule has 0 aromatic heterocycles. The Morgan fingerprint density at radius 3 is 2.42 bits per heavy atom. The number of nitriles is 2. The van der Waals surface area contributed by atoms with Gasteiger partial charge in [0.15, 0.2) is 0 Å². The topological polar surface area (TPSA) is 88.7 Å². The van der Waals surface area contributed by atoms with Crippen LogP contribution in [0.15, 0.2) is 18.2 Å². The maximum atomic E-state index is 12.1. The lowest BCUT2D eigenvalue weighted by molar-refractivity contribution is -0.121. The monoisotopic (exact) mass is 256 g/mol. The molecule has 1 rings (SSSR count). The molecule has 0 aliphatic heterocycles. The highest BCUT2D eigenvalue weighted by Crippen LogP contribution is 2.16. The first-order chi connectivity index (χ1) is 8.94. The molecule has 98 valence electrons. The second kappa shape index (κ2) is 5.99. The molecular weight excluding hydrogens is 240 g/mol. The Hall–Kier alpha value is -2.37. The lowest BCUT2D eigenvalue weighted by Gasteiger charge is -2.24. The minimum absolute atomic E-state index is 0.192. The van der Waals surface area contributed by atoms with Crippen molar-refractivity contribution in [2.75, 3.05) is 11.9 Å². The molecule has 2 N–H and O–H groups in total. The van der Waals surface area contributed by atoms with E-state index in [0.717, 1.165) is 0 Å². The summed E-state index contributed by atoms with van der Waals surface area (Å²) in [5.41, 5.74) is 0.356. The molecule has 0 atom stereocenters. The quantitative estimate of drug-likeness (QED) is 0.859. The number of benzene rings is 1. The lowest BCUT2D eigenvalue weighted by atomic mass is 10.0. The van der Waals surface area contributed by atoms with Crippen molar-refractivity contribution in [2.24, 2.45) is 0 Å². The first-order valence-corrected chi connectivity index (χ1v) is 5.95. The van der Waals surface area contributed by atoms with E-state index in [1.54, 1.807) is 19.9 Å². The first kappa shape index (κ1) is 14.7. The van der Waals surface area contributed by atoms with Crippen molar-refractivity contribution in [1.29, 1.82) is 10.5 Å². The number of carbonyl (C=O) groups is 1. The van der Waals surface area contributed by atoms with E-state index in [1.165, 1.54) is 12.1 Å². The summed E-state index contributed by atoms with van der Waals surface area (Å²) in [6, 6.07) is 8.50. The number of anilines is 1. The van der Waals surface area contributed by atoms with Crippen LogP contribution in [-0.4, -0.2) is 18.0 Å². The Labute approximate surface area is 112 Å². The predicted octanol–water partition coefficient (Wildman–Crippen LogP) is 1.76. The molecule has 19 heavy (non-hydrogen) atoms. The summed E-state index contributed by atoms with van der Waals surface area (Å²) in [4.78, 5) is 12.1. The molecular formula is C14H16N4O. The first-order valence-electron chi connectivity index (χ1n) is 5.95. The van der Waals surface area contributed by atoms with Gasteiger partial charge < -0.3 is 10.6 Å². The van der Waals surface area contributed by atoms with Gasteiger partial charge in [-0.3, -0.25) is 4.79 Å². The largest absolute Gasteiger partial charge is 0.324 e. The maximum absolute atomic E-state index is 12.1. The van der Waals surface area contributed by atoms with E-state index in [0.29, 0.717) is 17.8 Å². The second-order valence-corrected chi connectivity index (χ2v) is 4.59. The van der Waals surface area contributed by atoms with Crippen molar-refractivity contribution in [1.82, 2.24) is 5.32 Å². The molecule has 1 aromatic carbocycles. The number of hydrogen-bond donors (Lipinski definition) is 2. The molecule has 0 unspecified atom stereocenters. The summed E-state index contributed by atoms with van der Waals surface area (Å²) in [5.74, 6) is -0.192. The molecule has 0 heterocycles. The highest BCUT2D eigenvalue weighted by Gasteiger charge is 2.26. The van der Waals surface area contributed by atoms with Crippen molar-refractivity contribution in [2.45, 2.75) is 26.3 Å². The van der Waals surface area contributed by atoms with Gasteiger partial charge in [-0.15, -0.1) is 0 Å². The van der Waals surface area contributed by atoms with Crippen LogP contribution < -0.4 is 10.6 Å². The van der Waals surface area contributed by atoms with Gasteiger partial charge in [0.05, 0.1) is 16.7 Å². The van der Waals surface area contributed by atoms with E-state index in [2.05, 4.69) is 10.6 Å². The highest BCUT2D eigenvalue weighted by atomic mass is 16.2. The number of rotatable bonds is 4. The number of amides is 1. The van der Waals surface area contributed by atoms with Crippen LogP contribution in [0.5, 0.6) is 0 Å².